The van der Waals surface area contributed by atoms with Crippen LogP contribution in [0.2, 0.25) is 0 Å². The Labute approximate surface area is 146 Å². The number of piperidine rings is 1. The van der Waals surface area contributed by atoms with Crippen molar-refractivity contribution in [2.45, 2.75) is 25.5 Å². The summed E-state index contributed by atoms with van der Waals surface area (Å²) in [6, 6.07) is 14.9. The molecule has 1 aliphatic heterocycles. The van der Waals surface area contributed by atoms with E-state index in [1.807, 2.05) is 30.3 Å². The van der Waals surface area contributed by atoms with E-state index in [2.05, 4.69) is 10.3 Å². The molecule has 0 aliphatic carbocycles. The number of nitrogens with one attached hydrogen (secondary N) is 1. The van der Waals surface area contributed by atoms with Crippen molar-refractivity contribution in [3.8, 4) is 0 Å². The number of aromatic nitrogens is 1. The maximum absolute atomic E-state index is 12.1. The number of rotatable bonds is 4. The smallest absolute Gasteiger partial charge is 0.410 e. The molecule has 1 saturated heterocycles. The van der Waals surface area contributed by atoms with Crippen LogP contribution in [0.5, 0.6) is 0 Å². The van der Waals surface area contributed by atoms with Crippen molar-refractivity contribution in [1.29, 1.82) is 0 Å². The molecule has 6 nitrogen and oxygen atoms in total. The van der Waals surface area contributed by atoms with Crippen molar-refractivity contribution in [2.75, 3.05) is 13.1 Å². The Bertz CT molecular complexity index is 698. The van der Waals surface area contributed by atoms with Gasteiger partial charge >= 0.3 is 6.09 Å². The molecule has 1 fully saturated rings. The van der Waals surface area contributed by atoms with Gasteiger partial charge in [0.15, 0.2) is 0 Å². The van der Waals surface area contributed by atoms with Gasteiger partial charge in [-0.05, 0) is 30.5 Å². The average Bonchev–Trinajstić information content (AvgIpc) is 2.68. The second-order valence-corrected chi connectivity index (χ2v) is 5.99. The van der Waals surface area contributed by atoms with Crippen molar-refractivity contribution < 1.29 is 14.3 Å². The van der Waals surface area contributed by atoms with Crippen molar-refractivity contribution >= 4 is 12.0 Å². The summed E-state index contributed by atoms with van der Waals surface area (Å²) in [7, 11) is 0. The molecule has 130 valence electrons. The third kappa shape index (κ3) is 4.79. The summed E-state index contributed by atoms with van der Waals surface area (Å²) in [6.07, 6.45) is 2.71. The first-order valence-electron chi connectivity index (χ1n) is 8.40. The van der Waals surface area contributed by atoms with E-state index in [-0.39, 0.29) is 24.6 Å². The van der Waals surface area contributed by atoms with E-state index in [1.165, 1.54) is 0 Å². The lowest BCUT2D eigenvalue weighted by atomic mass is 10.1. The third-order valence-electron chi connectivity index (χ3n) is 4.19. The number of amides is 2. The molecule has 0 bridgehead atoms. The molecule has 25 heavy (non-hydrogen) atoms. The molecule has 1 aromatic carbocycles. The minimum Gasteiger partial charge on any atom is -0.445 e. The minimum atomic E-state index is -0.307. The van der Waals surface area contributed by atoms with Crippen LogP contribution in [-0.2, 0) is 11.3 Å². The van der Waals surface area contributed by atoms with Gasteiger partial charge in [0.05, 0.1) is 0 Å². The maximum Gasteiger partial charge on any atom is 0.410 e. The molecule has 3 rings (SSSR count). The van der Waals surface area contributed by atoms with Gasteiger partial charge in [-0.2, -0.15) is 0 Å². The summed E-state index contributed by atoms with van der Waals surface area (Å²) in [6.45, 7) is 1.41. The zero-order valence-corrected chi connectivity index (χ0v) is 13.9. The van der Waals surface area contributed by atoms with Crippen LogP contribution in [0.15, 0.2) is 54.7 Å². The van der Waals surface area contributed by atoms with Gasteiger partial charge in [0, 0.05) is 25.3 Å². The van der Waals surface area contributed by atoms with E-state index in [0.717, 1.165) is 5.56 Å². The van der Waals surface area contributed by atoms with E-state index >= 15 is 0 Å². The highest BCUT2D eigenvalue weighted by atomic mass is 16.6. The molecule has 0 spiro atoms. The number of hydrogen-bond donors (Lipinski definition) is 1. The first-order valence-corrected chi connectivity index (χ1v) is 8.40. The molecule has 6 heteroatoms. The highest BCUT2D eigenvalue weighted by Crippen LogP contribution is 2.13. The van der Waals surface area contributed by atoms with Crippen LogP contribution < -0.4 is 5.32 Å². The molecule has 0 radical (unpaired) electrons. The van der Waals surface area contributed by atoms with Crippen LogP contribution in [0, 0.1) is 0 Å². The van der Waals surface area contributed by atoms with Crippen molar-refractivity contribution in [2.24, 2.45) is 0 Å². The number of carbonyl (C=O) groups excluding carboxylic acids is 2. The molecule has 1 N–H and O–H groups in total. The van der Waals surface area contributed by atoms with E-state index in [9.17, 15) is 9.59 Å². The Hall–Kier alpha value is -2.89. The van der Waals surface area contributed by atoms with Gasteiger partial charge in [0.25, 0.3) is 5.91 Å². The predicted molar refractivity (Wildman–Crippen MR) is 92.9 cm³/mol. The average molecular weight is 339 g/mol. The highest BCUT2D eigenvalue weighted by molar-refractivity contribution is 5.92. The Kier molecular flexibility index (Phi) is 5.61. The Morgan fingerprint density at radius 3 is 2.48 bits per heavy atom. The van der Waals surface area contributed by atoms with E-state index in [1.54, 1.807) is 29.3 Å². The lowest BCUT2D eigenvalue weighted by Gasteiger charge is -2.31. The zero-order chi connectivity index (χ0) is 17.5. The fourth-order valence-electron chi connectivity index (χ4n) is 2.77. The largest absolute Gasteiger partial charge is 0.445 e. The zero-order valence-electron chi connectivity index (χ0n) is 13.9. The molecule has 0 saturated carbocycles. The van der Waals surface area contributed by atoms with Crippen LogP contribution in [0.25, 0.3) is 0 Å². The van der Waals surface area contributed by atoms with E-state index in [4.69, 9.17) is 4.74 Å². The third-order valence-corrected chi connectivity index (χ3v) is 4.19. The van der Waals surface area contributed by atoms with Crippen LogP contribution in [-0.4, -0.2) is 41.0 Å². The van der Waals surface area contributed by atoms with Crippen molar-refractivity contribution in [1.82, 2.24) is 15.2 Å². The normalized spacial score (nSPS) is 14.8. The van der Waals surface area contributed by atoms with Gasteiger partial charge in [-0.25, -0.2) is 4.79 Å². The first kappa shape index (κ1) is 17.0. The fraction of sp³-hybridized carbons (Fsp3) is 0.316. The summed E-state index contributed by atoms with van der Waals surface area (Å²) >= 11 is 0. The van der Waals surface area contributed by atoms with Crippen molar-refractivity contribution in [3.05, 3.63) is 66.0 Å². The summed E-state index contributed by atoms with van der Waals surface area (Å²) in [5.41, 5.74) is 1.38. The topological polar surface area (TPSA) is 71.5 Å². The predicted octanol–water partition coefficient (Wildman–Crippen LogP) is 2.61. The first-order chi connectivity index (χ1) is 12.2. The second-order valence-electron chi connectivity index (χ2n) is 5.99. The summed E-state index contributed by atoms with van der Waals surface area (Å²) in [5, 5.41) is 2.97. The standard InChI is InChI=1S/C19H21N3O3/c23-18(17-8-4-5-11-20-17)21-16-9-12-22(13-10-16)19(24)25-14-15-6-2-1-3-7-15/h1-8,11,16H,9-10,12-14H2,(H,21,23). The Morgan fingerprint density at radius 1 is 1.08 bits per heavy atom. The number of hydrogen-bond acceptors (Lipinski definition) is 4. The SMILES string of the molecule is O=C(NC1CCN(C(=O)OCc2ccccc2)CC1)c1ccccn1. The van der Waals surface area contributed by atoms with Crippen molar-refractivity contribution in [3.63, 3.8) is 0 Å². The summed E-state index contributed by atoms with van der Waals surface area (Å²) in [5.74, 6) is -0.175. The highest BCUT2D eigenvalue weighted by Gasteiger charge is 2.25. The van der Waals surface area contributed by atoms with Gasteiger partial charge in [-0.15, -0.1) is 0 Å². The molecule has 2 aromatic rings. The summed E-state index contributed by atoms with van der Waals surface area (Å²) < 4.78 is 5.34. The Balaban J connectivity index is 1.42. The number of ether oxygens (including phenoxy) is 1. The second kappa shape index (κ2) is 8.28. The summed E-state index contributed by atoms with van der Waals surface area (Å²) in [4.78, 5) is 30.0. The van der Waals surface area contributed by atoms with Crippen LogP contribution in [0.4, 0.5) is 4.79 Å². The maximum atomic E-state index is 12.1. The van der Waals surface area contributed by atoms with Gasteiger partial charge in [-0.1, -0.05) is 36.4 Å². The fourth-order valence-corrected chi connectivity index (χ4v) is 2.77. The van der Waals surface area contributed by atoms with Gasteiger partial charge < -0.3 is 15.0 Å². The number of benzene rings is 1. The van der Waals surface area contributed by atoms with E-state index < -0.39 is 0 Å². The number of carbonyl (C=O) groups is 2. The van der Waals surface area contributed by atoms with Gasteiger partial charge in [0.1, 0.15) is 12.3 Å². The van der Waals surface area contributed by atoms with Crippen LogP contribution in [0.3, 0.4) is 0 Å². The molecular formula is C19H21N3O3. The van der Waals surface area contributed by atoms with E-state index in [0.29, 0.717) is 31.6 Å². The lowest BCUT2D eigenvalue weighted by Crippen LogP contribution is -2.46. The van der Waals surface area contributed by atoms with Gasteiger partial charge in [-0.3, -0.25) is 9.78 Å². The number of pyridine rings is 1. The molecule has 2 amide bonds. The lowest BCUT2D eigenvalue weighted by molar-refractivity contribution is 0.0807. The number of nitrogens with zero attached hydrogens (tertiary/aromatic N) is 2. The van der Waals surface area contributed by atoms with Gasteiger partial charge in [0.2, 0.25) is 0 Å². The van der Waals surface area contributed by atoms with Crippen LogP contribution in [0.1, 0.15) is 28.9 Å². The monoisotopic (exact) mass is 339 g/mol. The molecule has 0 unspecified atom stereocenters. The molecular weight excluding hydrogens is 318 g/mol. The quantitative estimate of drug-likeness (QED) is 0.929. The molecule has 0 atom stereocenters. The number of likely N-dealkylation sites (tertiary alicyclic amines) is 1. The Morgan fingerprint density at radius 2 is 1.80 bits per heavy atom. The minimum absolute atomic E-state index is 0.0488. The van der Waals surface area contributed by atoms with Crippen LogP contribution >= 0.6 is 0 Å². The molecule has 1 aliphatic rings. The molecule has 2 heterocycles. The molecule has 1 aromatic heterocycles.